The molecule has 0 saturated heterocycles. The van der Waals surface area contributed by atoms with E-state index in [1.54, 1.807) is 51.1 Å². The minimum atomic E-state index is -1.01. The van der Waals surface area contributed by atoms with Crippen LogP contribution in [-0.4, -0.2) is 27.7 Å². The highest BCUT2D eigenvalue weighted by molar-refractivity contribution is 5.83. The summed E-state index contributed by atoms with van der Waals surface area (Å²) in [5, 5.41) is 12.2. The van der Waals surface area contributed by atoms with Crippen molar-refractivity contribution in [3.63, 3.8) is 0 Å². The molecule has 0 aliphatic rings. The maximum absolute atomic E-state index is 14.5. The van der Waals surface area contributed by atoms with Crippen LogP contribution in [0.15, 0.2) is 66.0 Å². The van der Waals surface area contributed by atoms with Gasteiger partial charge in [0.05, 0.1) is 5.69 Å². The minimum absolute atomic E-state index is 0.171. The largest absolute Gasteiger partial charge is 0.480 e. The summed E-state index contributed by atoms with van der Waals surface area (Å²) in [6.45, 7) is 9.51. The molecule has 0 saturated carbocycles. The van der Waals surface area contributed by atoms with Crippen LogP contribution in [0.4, 0.5) is 10.2 Å². The first kappa shape index (κ1) is 23.9. The number of nitrogens with zero attached hydrogens (tertiary/aromatic N) is 1. The summed E-state index contributed by atoms with van der Waals surface area (Å²) in [5.74, 6) is -1.15. The molecule has 0 aliphatic heterocycles. The Morgan fingerprint density at radius 1 is 1.12 bits per heavy atom. The molecule has 0 spiro atoms. The highest BCUT2D eigenvalue weighted by atomic mass is 19.1. The number of halogens is 1. The van der Waals surface area contributed by atoms with Crippen molar-refractivity contribution in [1.82, 2.24) is 9.88 Å². The molecular weight excluding hydrogens is 421 g/mol. The van der Waals surface area contributed by atoms with Gasteiger partial charge in [-0.25, -0.2) is 4.39 Å². The Bertz CT molecular complexity index is 1260. The average molecular weight is 450 g/mol. The molecule has 172 valence electrons. The van der Waals surface area contributed by atoms with Crippen molar-refractivity contribution in [2.24, 2.45) is 0 Å². The van der Waals surface area contributed by atoms with Crippen LogP contribution in [-0.2, 0) is 11.2 Å². The fourth-order valence-corrected chi connectivity index (χ4v) is 3.49. The lowest BCUT2D eigenvalue weighted by atomic mass is 9.98. The van der Waals surface area contributed by atoms with Crippen LogP contribution in [0.25, 0.3) is 11.3 Å². The van der Waals surface area contributed by atoms with Crippen LogP contribution < -0.4 is 16.6 Å². The van der Waals surface area contributed by atoms with E-state index in [4.69, 9.17) is 5.73 Å². The molecule has 1 heterocycles. The lowest BCUT2D eigenvalue weighted by Crippen LogP contribution is -2.47. The second-order valence-electron chi connectivity index (χ2n) is 8.54. The smallest absolute Gasteiger partial charge is 0.323 e. The highest BCUT2D eigenvalue weighted by Crippen LogP contribution is 2.29. The number of aliphatic carboxylic acids is 1. The summed E-state index contributed by atoms with van der Waals surface area (Å²) < 4.78 is 15.8. The number of pyridine rings is 1. The van der Waals surface area contributed by atoms with Crippen LogP contribution >= 0.6 is 0 Å². The second-order valence-corrected chi connectivity index (χ2v) is 8.54. The number of hydrogen-bond donors (Lipinski definition) is 3. The molecule has 0 fully saturated rings. The first-order valence-electron chi connectivity index (χ1n) is 10.6. The number of nitrogens with two attached hydrogens (primary N) is 1. The number of rotatable bonds is 8. The van der Waals surface area contributed by atoms with Gasteiger partial charge in [-0.15, -0.1) is 0 Å². The molecule has 3 aromatic rings. The number of aryl methyl sites for hydroxylation is 1. The van der Waals surface area contributed by atoms with E-state index < -0.39 is 17.3 Å². The van der Waals surface area contributed by atoms with Crippen molar-refractivity contribution in [2.75, 3.05) is 12.3 Å². The quantitative estimate of drug-likeness (QED) is 0.484. The summed E-state index contributed by atoms with van der Waals surface area (Å²) >= 11 is 0. The van der Waals surface area contributed by atoms with Crippen LogP contribution in [0, 0.1) is 12.7 Å². The molecule has 1 aromatic heterocycles. The monoisotopic (exact) mass is 449 g/mol. The highest BCUT2D eigenvalue weighted by Gasteiger charge is 2.25. The van der Waals surface area contributed by atoms with Gasteiger partial charge < -0.3 is 16.2 Å². The van der Waals surface area contributed by atoms with Gasteiger partial charge in [-0.2, -0.15) is 0 Å². The number of aromatic nitrogens is 1. The Morgan fingerprint density at radius 3 is 2.36 bits per heavy atom. The van der Waals surface area contributed by atoms with Gasteiger partial charge in [0.1, 0.15) is 17.2 Å². The third kappa shape index (κ3) is 5.21. The number of carbonyl (C=O) groups is 1. The van der Waals surface area contributed by atoms with Gasteiger partial charge in [-0.1, -0.05) is 30.8 Å². The van der Waals surface area contributed by atoms with E-state index in [0.29, 0.717) is 35.4 Å². The number of carboxylic acids is 1. The normalized spacial score (nSPS) is 11.4. The summed E-state index contributed by atoms with van der Waals surface area (Å²) in [4.78, 5) is 23.8. The molecule has 0 amide bonds. The summed E-state index contributed by atoms with van der Waals surface area (Å²) in [5.41, 5.74) is 8.54. The molecule has 2 aromatic carbocycles. The van der Waals surface area contributed by atoms with E-state index in [2.05, 4.69) is 11.9 Å². The predicted molar refractivity (Wildman–Crippen MR) is 129 cm³/mol. The molecular formula is C26H28FN3O3. The zero-order valence-corrected chi connectivity index (χ0v) is 19.0. The summed E-state index contributed by atoms with van der Waals surface area (Å²) in [6, 6.07) is 15.1. The minimum Gasteiger partial charge on any atom is -0.480 e. The number of nitrogen functional groups attached to an aromatic ring is 1. The Morgan fingerprint density at radius 2 is 1.76 bits per heavy atom. The van der Waals surface area contributed by atoms with Crippen LogP contribution in [0.2, 0.25) is 0 Å². The zero-order valence-electron chi connectivity index (χ0n) is 19.0. The standard InChI is InChI=1S/C26H28FN3O3/c1-16-5-10-20(22(27)15-16)17(2)21-11-12-23(31)30(24(21)28)19-8-6-18(7-9-19)13-14-29-26(3,4)25(32)33/h5-12,15,29H,2,13-14,28H2,1,3-4H3,(H,32,33). The molecule has 6 nitrogen and oxygen atoms in total. The summed E-state index contributed by atoms with van der Waals surface area (Å²) in [7, 11) is 0. The molecule has 3 rings (SSSR count). The maximum atomic E-state index is 14.5. The zero-order chi connectivity index (χ0) is 24.3. The van der Waals surface area contributed by atoms with E-state index in [-0.39, 0.29) is 11.4 Å². The molecule has 0 aliphatic carbocycles. The topological polar surface area (TPSA) is 97.3 Å². The van der Waals surface area contributed by atoms with Crippen LogP contribution in [0.5, 0.6) is 0 Å². The number of carboxylic acid groups (broad SMARTS) is 1. The molecule has 4 N–H and O–H groups in total. The fourth-order valence-electron chi connectivity index (χ4n) is 3.49. The van der Waals surface area contributed by atoms with Crippen LogP contribution in [0.1, 0.15) is 36.1 Å². The molecule has 0 radical (unpaired) electrons. The number of benzene rings is 2. The van der Waals surface area contributed by atoms with Gasteiger partial charge in [0.25, 0.3) is 5.56 Å². The van der Waals surface area contributed by atoms with Gasteiger partial charge in [-0.05, 0) is 68.2 Å². The van der Waals surface area contributed by atoms with Gasteiger partial charge in [0.2, 0.25) is 0 Å². The predicted octanol–water partition coefficient (Wildman–Crippen LogP) is 3.92. The van der Waals surface area contributed by atoms with Crippen molar-refractivity contribution in [1.29, 1.82) is 0 Å². The van der Waals surface area contributed by atoms with E-state index in [9.17, 15) is 19.1 Å². The maximum Gasteiger partial charge on any atom is 0.323 e. The van der Waals surface area contributed by atoms with Crippen molar-refractivity contribution in [3.05, 3.63) is 99.6 Å². The van der Waals surface area contributed by atoms with Gasteiger partial charge in [-0.3, -0.25) is 14.2 Å². The Balaban J connectivity index is 1.86. The average Bonchev–Trinajstić information content (AvgIpc) is 2.74. The van der Waals surface area contributed by atoms with Crippen molar-refractivity contribution in [2.45, 2.75) is 32.7 Å². The van der Waals surface area contributed by atoms with E-state index >= 15 is 0 Å². The van der Waals surface area contributed by atoms with Crippen LogP contribution in [0.3, 0.4) is 0 Å². The Hall–Kier alpha value is -3.71. The van der Waals surface area contributed by atoms with Crippen molar-refractivity contribution in [3.8, 4) is 5.69 Å². The second kappa shape index (κ2) is 9.42. The number of anilines is 1. The van der Waals surface area contributed by atoms with Gasteiger partial charge >= 0.3 is 5.97 Å². The first-order valence-corrected chi connectivity index (χ1v) is 10.6. The Labute approximate surface area is 192 Å². The number of nitrogens with one attached hydrogen (secondary N) is 1. The SMILES string of the molecule is C=C(c1ccc(C)cc1F)c1ccc(=O)n(-c2ccc(CCNC(C)(C)C(=O)O)cc2)c1N. The van der Waals surface area contributed by atoms with Crippen molar-refractivity contribution >= 4 is 17.4 Å². The Kier molecular flexibility index (Phi) is 6.84. The fraction of sp³-hybridized carbons (Fsp3) is 0.231. The molecule has 0 unspecified atom stereocenters. The third-order valence-electron chi connectivity index (χ3n) is 5.61. The number of hydrogen-bond acceptors (Lipinski definition) is 4. The lowest BCUT2D eigenvalue weighted by Gasteiger charge is -2.21. The first-order chi connectivity index (χ1) is 15.5. The molecule has 33 heavy (non-hydrogen) atoms. The molecule has 7 heteroatoms. The van der Waals surface area contributed by atoms with Gasteiger partial charge in [0.15, 0.2) is 0 Å². The van der Waals surface area contributed by atoms with Crippen molar-refractivity contribution < 1.29 is 14.3 Å². The molecule has 0 atom stereocenters. The van der Waals surface area contributed by atoms with E-state index in [0.717, 1.165) is 11.1 Å². The summed E-state index contributed by atoms with van der Waals surface area (Å²) in [6.07, 6.45) is 0.616. The van der Waals surface area contributed by atoms with E-state index in [1.165, 1.54) is 16.7 Å². The third-order valence-corrected chi connectivity index (χ3v) is 5.61. The van der Waals surface area contributed by atoms with E-state index in [1.807, 2.05) is 12.1 Å². The lowest BCUT2D eigenvalue weighted by molar-refractivity contribution is -0.143. The molecule has 0 bridgehead atoms. The van der Waals surface area contributed by atoms with Gasteiger partial charge in [0, 0.05) is 23.7 Å².